The lowest BCUT2D eigenvalue weighted by molar-refractivity contribution is -0.0330. The van der Waals surface area contributed by atoms with Gasteiger partial charge >= 0.3 is 0 Å². The lowest BCUT2D eigenvalue weighted by Crippen LogP contribution is -2.41. The molecule has 4 aromatic rings. The van der Waals surface area contributed by atoms with Crippen molar-refractivity contribution in [2.75, 3.05) is 31.9 Å². The summed E-state index contributed by atoms with van der Waals surface area (Å²) in [6.45, 7) is 9.61. The quantitative estimate of drug-likeness (QED) is 0.179. The van der Waals surface area contributed by atoms with Crippen LogP contribution in [0.3, 0.4) is 0 Å². The van der Waals surface area contributed by atoms with E-state index in [2.05, 4.69) is 55.5 Å². The number of halogens is 1. The van der Waals surface area contributed by atoms with Gasteiger partial charge in [0.1, 0.15) is 36.0 Å². The van der Waals surface area contributed by atoms with E-state index in [-0.39, 0.29) is 27.9 Å². The molecule has 1 aliphatic rings. The van der Waals surface area contributed by atoms with Crippen LogP contribution in [0.2, 0.25) is 0 Å². The third-order valence-electron chi connectivity index (χ3n) is 6.77. The highest BCUT2D eigenvalue weighted by molar-refractivity contribution is 7.89. The summed E-state index contributed by atoms with van der Waals surface area (Å²) in [7, 11) is -4.49. The molecule has 1 fully saturated rings. The zero-order valence-electron chi connectivity index (χ0n) is 22.6. The van der Waals surface area contributed by atoms with Crippen LogP contribution in [0.4, 0.5) is 10.2 Å². The number of ether oxygens (including phenoxy) is 1. The predicted molar refractivity (Wildman–Crippen MR) is 147 cm³/mol. The molecule has 222 valence electrons. The molecule has 0 saturated carbocycles. The largest absolute Gasteiger partial charge is 0.387 e. The first-order chi connectivity index (χ1) is 19.5. The third kappa shape index (κ3) is 6.19. The maximum Gasteiger partial charge on any atom is 0.263 e. The molecule has 0 unspecified atom stereocenters. The molecule has 6 N–H and O–H groups in total. The maximum atomic E-state index is 13.5. The Balaban J connectivity index is 0.000000493. The van der Waals surface area contributed by atoms with Crippen molar-refractivity contribution in [2.45, 2.75) is 50.3 Å². The molecule has 1 saturated heterocycles. The molecule has 0 radical (unpaired) electrons. The van der Waals surface area contributed by atoms with Crippen molar-refractivity contribution in [3.05, 3.63) is 46.9 Å². The van der Waals surface area contributed by atoms with Crippen molar-refractivity contribution < 1.29 is 27.8 Å². The number of benzene rings is 1. The Bertz CT molecular complexity index is 1670. The monoisotopic (exact) mass is 593 g/mol. The zero-order valence-corrected chi connectivity index (χ0v) is 23.4. The molecule has 1 aliphatic heterocycles. The van der Waals surface area contributed by atoms with Crippen molar-refractivity contribution >= 4 is 37.9 Å². The molecule has 0 aliphatic carbocycles. The number of hydrogen-bond donors (Lipinski definition) is 5. The average Bonchev–Trinajstić information content (AvgIpc) is 3.51. The van der Waals surface area contributed by atoms with Gasteiger partial charge in [0.05, 0.1) is 17.2 Å². The van der Waals surface area contributed by atoms with Gasteiger partial charge < -0.3 is 25.6 Å². The molecular weight excluding hydrogens is 561 g/mol. The Hall–Kier alpha value is -3.61. The lowest BCUT2D eigenvalue weighted by atomic mass is 10.1. The first-order valence-corrected chi connectivity index (χ1v) is 14.3. The van der Waals surface area contributed by atoms with Crippen molar-refractivity contribution in [1.82, 2.24) is 39.3 Å². The summed E-state index contributed by atoms with van der Waals surface area (Å²) >= 11 is 0. The summed E-state index contributed by atoms with van der Waals surface area (Å²) in [6, 6.07) is 3.24. The second-order valence-corrected chi connectivity index (χ2v) is 10.8. The summed E-state index contributed by atoms with van der Waals surface area (Å²) < 4.78 is 48.1. The first-order valence-electron chi connectivity index (χ1n) is 12.9. The van der Waals surface area contributed by atoms with Gasteiger partial charge in [-0.1, -0.05) is 20.8 Å². The highest BCUT2D eigenvalue weighted by atomic mass is 32.2. The Morgan fingerprint density at radius 2 is 1.85 bits per heavy atom. The minimum Gasteiger partial charge on any atom is -0.387 e. The van der Waals surface area contributed by atoms with Crippen LogP contribution >= 0.6 is 0 Å². The van der Waals surface area contributed by atoms with E-state index in [0.29, 0.717) is 0 Å². The van der Waals surface area contributed by atoms with Crippen LogP contribution in [0.5, 0.6) is 0 Å². The molecule has 0 bridgehead atoms. The molecular formula is C24H32FN9O6S. The number of nitrogens with zero attached hydrogens (tertiary/aromatic N) is 6. The fourth-order valence-electron chi connectivity index (χ4n) is 4.38. The Morgan fingerprint density at radius 3 is 2.51 bits per heavy atom. The number of rotatable bonds is 8. The number of hydrogen-bond acceptors (Lipinski definition) is 12. The third-order valence-corrected chi connectivity index (χ3v) is 8.10. The number of nitrogens with two attached hydrogens (primary N) is 1. The average molecular weight is 594 g/mol. The van der Waals surface area contributed by atoms with E-state index in [9.17, 15) is 27.8 Å². The molecule has 4 heterocycles. The van der Waals surface area contributed by atoms with Crippen LogP contribution in [0.1, 0.15) is 27.0 Å². The number of anilines is 1. The first kappa shape index (κ1) is 30.4. The SMILES string of the molecule is CCN(CC)CC.Nc1ncnc2c1ncn2[C@@H]1O[C@H](CNS(=O)(=O)c2n[nH]c3ccc(F)cc3c2=O)[C@@H](O)[C@H]1O. The summed E-state index contributed by atoms with van der Waals surface area (Å²) in [5, 5.41) is 25.8. The van der Waals surface area contributed by atoms with Gasteiger partial charge in [-0.2, -0.15) is 5.10 Å². The molecule has 3 aromatic heterocycles. The molecule has 0 spiro atoms. The number of fused-ring (bicyclic) bond motifs is 2. The van der Waals surface area contributed by atoms with E-state index in [1.165, 1.54) is 42.9 Å². The molecule has 0 amide bonds. The van der Waals surface area contributed by atoms with E-state index in [1.807, 2.05) is 0 Å². The molecule has 41 heavy (non-hydrogen) atoms. The van der Waals surface area contributed by atoms with Gasteiger partial charge in [0.25, 0.3) is 10.0 Å². The standard InChI is InChI=1S/C18H17FN8O6S.C6H15N/c19-7-1-2-9-8(3-7)12(28)17(26-25-9)34(31,32)24-4-10-13(29)14(30)18(33-10)27-6-23-11-15(20)21-5-22-16(11)27;1-4-7(5-2)6-3/h1-3,5-6,10,13-14,18,24,29-30H,4H2,(H,25,28)(H2,20,21,22);4-6H2,1-3H3/t10-,13-,14-,18-;/m1./s1. The van der Waals surface area contributed by atoms with Gasteiger partial charge in [-0.05, 0) is 37.8 Å². The van der Waals surface area contributed by atoms with Crippen LogP contribution in [0.25, 0.3) is 22.1 Å². The molecule has 4 atom stereocenters. The number of H-pyrrole nitrogens is 1. The van der Waals surface area contributed by atoms with E-state index in [0.717, 1.165) is 12.1 Å². The number of nitrogens with one attached hydrogen (secondary N) is 2. The number of aromatic nitrogens is 6. The van der Waals surface area contributed by atoms with Gasteiger partial charge in [0, 0.05) is 6.54 Å². The summed E-state index contributed by atoms with van der Waals surface area (Å²) in [5.41, 5.74) is 5.40. The van der Waals surface area contributed by atoms with Crippen molar-refractivity contribution in [3.63, 3.8) is 0 Å². The molecule has 15 nitrogen and oxygen atoms in total. The number of aromatic amines is 1. The minimum atomic E-state index is -4.49. The van der Waals surface area contributed by atoms with Crippen LogP contribution in [-0.2, 0) is 14.8 Å². The number of imidazole rings is 1. The maximum absolute atomic E-state index is 13.5. The van der Waals surface area contributed by atoms with Crippen molar-refractivity contribution in [2.24, 2.45) is 0 Å². The van der Waals surface area contributed by atoms with Gasteiger partial charge in [0.2, 0.25) is 10.5 Å². The molecule has 1 aromatic carbocycles. The fourth-order valence-corrected chi connectivity index (χ4v) is 5.42. The van der Waals surface area contributed by atoms with Crippen molar-refractivity contribution in [1.29, 1.82) is 0 Å². The number of aliphatic hydroxyl groups excluding tert-OH is 2. The highest BCUT2D eigenvalue weighted by Gasteiger charge is 2.44. The fraction of sp³-hybridized carbons (Fsp3) is 0.458. The van der Waals surface area contributed by atoms with E-state index in [1.54, 1.807) is 0 Å². The number of nitrogen functional groups attached to an aromatic ring is 1. The van der Waals surface area contributed by atoms with Gasteiger partial charge in [-0.3, -0.25) is 14.5 Å². The summed E-state index contributed by atoms with van der Waals surface area (Å²) in [6.07, 6.45) is -2.84. The van der Waals surface area contributed by atoms with Crippen LogP contribution in [0.15, 0.2) is 40.7 Å². The Labute approximate surface area is 234 Å². The van der Waals surface area contributed by atoms with Crippen LogP contribution in [0, 0.1) is 5.82 Å². The number of sulfonamides is 1. The smallest absolute Gasteiger partial charge is 0.263 e. The summed E-state index contributed by atoms with van der Waals surface area (Å²) in [5.74, 6) is -0.615. The lowest BCUT2D eigenvalue weighted by Gasteiger charge is -2.16. The molecule has 5 rings (SSSR count). The molecule has 17 heteroatoms. The Morgan fingerprint density at radius 1 is 1.15 bits per heavy atom. The second kappa shape index (κ2) is 12.5. The van der Waals surface area contributed by atoms with Crippen LogP contribution < -0.4 is 15.9 Å². The van der Waals surface area contributed by atoms with E-state index < -0.39 is 57.4 Å². The van der Waals surface area contributed by atoms with E-state index >= 15 is 0 Å². The highest BCUT2D eigenvalue weighted by Crippen LogP contribution is 2.31. The normalized spacial score (nSPS) is 21.0. The van der Waals surface area contributed by atoms with E-state index in [4.69, 9.17) is 10.5 Å². The summed E-state index contributed by atoms with van der Waals surface area (Å²) in [4.78, 5) is 26.9. The van der Waals surface area contributed by atoms with Crippen LogP contribution in [-0.4, -0.2) is 97.7 Å². The Kier molecular flexibility index (Phi) is 9.25. The van der Waals surface area contributed by atoms with Crippen molar-refractivity contribution in [3.8, 4) is 0 Å². The van der Waals surface area contributed by atoms with Gasteiger partial charge in [0.15, 0.2) is 17.7 Å². The van der Waals surface area contributed by atoms with Gasteiger partial charge in [-0.25, -0.2) is 32.5 Å². The second-order valence-electron chi connectivity index (χ2n) is 9.15. The zero-order chi connectivity index (χ0) is 29.9. The predicted octanol–water partition coefficient (Wildman–Crippen LogP) is -0.270. The topological polar surface area (TPSA) is 214 Å². The minimum absolute atomic E-state index is 0.106. The van der Waals surface area contributed by atoms with Gasteiger partial charge in [-0.15, -0.1) is 0 Å². The number of aliphatic hydroxyl groups is 2.